The normalized spacial score (nSPS) is 13.1. The zero-order valence-electron chi connectivity index (χ0n) is 13.9. The third-order valence-electron chi connectivity index (χ3n) is 4.36. The van der Waals surface area contributed by atoms with Gasteiger partial charge >= 0.3 is 0 Å². The Balaban J connectivity index is 1.83. The number of halogens is 2. The summed E-state index contributed by atoms with van der Waals surface area (Å²) in [5, 5.41) is 1.58. The minimum atomic E-state index is 0.335. The first-order valence-electron chi connectivity index (χ1n) is 8.06. The van der Waals surface area contributed by atoms with Crippen molar-refractivity contribution >= 4 is 34.6 Å². The van der Waals surface area contributed by atoms with Gasteiger partial charge in [-0.05, 0) is 49.2 Å². The van der Waals surface area contributed by atoms with Crippen LogP contribution in [0.1, 0.15) is 11.1 Å². The summed E-state index contributed by atoms with van der Waals surface area (Å²) in [6.07, 6.45) is 0. The molecular formula is C20H12Cl2N2O2. The topological polar surface area (TPSA) is 43.2 Å². The van der Waals surface area contributed by atoms with E-state index in [-0.39, 0.29) is 0 Å². The quantitative estimate of drug-likeness (QED) is 0.343. The number of hydrogen-bond acceptors (Lipinski definition) is 4. The SMILES string of the molecule is Cc1ccc2c(c1)Oc1c(Cl)c3c(c(Cl)c1=N2)Oc1cc(C)ccc1N=3. The second-order valence-corrected chi connectivity index (χ2v) is 7.11. The average Bonchev–Trinajstić information content (AvgIpc) is 2.63. The van der Waals surface area contributed by atoms with E-state index < -0.39 is 0 Å². The second kappa shape index (κ2) is 5.47. The van der Waals surface area contributed by atoms with E-state index in [1.807, 2.05) is 50.2 Å². The highest BCUT2D eigenvalue weighted by molar-refractivity contribution is 6.35. The number of hydrogen-bond donors (Lipinski definition) is 0. The minimum Gasteiger partial charge on any atom is -0.451 e. The smallest absolute Gasteiger partial charge is 0.175 e. The maximum absolute atomic E-state index is 6.60. The van der Waals surface area contributed by atoms with Gasteiger partial charge in [0.15, 0.2) is 23.0 Å². The summed E-state index contributed by atoms with van der Waals surface area (Å²) in [5.74, 6) is 2.08. The van der Waals surface area contributed by atoms with Gasteiger partial charge in [0.1, 0.15) is 32.1 Å². The fourth-order valence-electron chi connectivity index (χ4n) is 3.06. The van der Waals surface area contributed by atoms with Crippen molar-refractivity contribution in [2.24, 2.45) is 9.98 Å². The summed E-state index contributed by atoms with van der Waals surface area (Å²) in [6.45, 7) is 3.98. The van der Waals surface area contributed by atoms with Crippen LogP contribution >= 0.6 is 23.2 Å². The van der Waals surface area contributed by atoms with Gasteiger partial charge in [-0.2, -0.15) is 0 Å². The van der Waals surface area contributed by atoms with Gasteiger partial charge < -0.3 is 9.47 Å². The lowest BCUT2D eigenvalue weighted by atomic mass is 10.1. The first kappa shape index (κ1) is 15.7. The highest BCUT2D eigenvalue weighted by Gasteiger charge is 2.26. The Morgan fingerprint density at radius 1 is 0.692 bits per heavy atom. The van der Waals surface area contributed by atoms with E-state index in [0.29, 0.717) is 55.1 Å². The molecule has 128 valence electrons. The summed E-state index contributed by atoms with van der Waals surface area (Å²) in [7, 11) is 0. The van der Waals surface area contributed by atoms with Crippen LogP contribution in [-0.4, -0.2) is 0 Å². The minimum absolute atomic E-state index is 0.335. The summed E-state index contributed by atoms with van der Waals surface area (Å²) >= 11 is 13.2. The maximum atomic E-state index is 6.60. The van der Waals surface area contributed by atoms with Crippen molar-refractivity contribution in [1.82, 2.24) is 0 Å². The molecule has 0 amide bonds. The molecule has 0 fully saturated rings. The van der Waals surface area contributed by atoms with E-state index in [1.54, 1.807) is 0 Å². The molecule has 0 unspecified atom stereocenters. The summed E-state index contributed by atoms with van der Waals surface area (Å²) in [5.41, 5.74) is 3.54. The third kappa shape index (κ3) is 2.23. The van der Waals surface area contributed by atoms with Gasteiger partial charge in [-0.3, -0.25) is 0 Å². The van der Waals surface area contributed by atoms with Crippen molar-refractivity contribution in [1.29, 1.82) is 0 Å². The van der Waals surface area contributed by atoms with Crippen molar-refractivity contribution < 1.29 is 9.47 Å². The van der Waals surface area contributed by atoms with E-state index >= 15 is 0 Å². The lowest BCUT2D eigenvalue weighted by Gasteiger charge is -2.21. The molecule has 3 aromatic rings. The molecule has 0 bridgehead atoms. The Labute approximate surface area is 159 Å². The Morgan fingerprint density at radius 2 is 1.12 bits per heavy atom. The first-order valence-corrected chi connectivity index (χ1v) is 8.82. The number of rotatable bonds is 0. The molecule has 2 aliphatic heterocycles. The average molecular weight is 383 g/mol. The molecule has 0 aliphatic carbocycles. The Hall–Kier alpha value is -2.56. The molecule has 3 aromatic carbocycles. The van der Waals surface area contributed by atoms with Crippen LogP contribution in [0.2, 0.25) is 10.0 Å². The molecule has 0 spiro atoms. The zero-order valence-corrected chi connectivity index (χ0v) is 15.4. The van der Waals surface area contributed by atoms with E-state index in [9.17, 15) is 0 Å². The Bertz CT molecular complexity index is 1140. The Morgan fingerprint density at radius 3 is 1.54 bits per heavy atom. The van der Waals surface area contributed by atoms with Crippen LogP contribution in [0.3, 0.4) is 0 Å². The standard InChI is InChI=1S/C20H12Cl2N2O2/c1-9-3-5-11-13(7-9)25-19-15(21)18-20(16(22)17(19)23-11)26-14-8-10(2)4-6-12(14)24-18/h3-8H,1-2H3. The van der Waals surface area contributed by atoms with Gasteiger partial charge in [-0.15, -0.1) is 0 Å². The third-order valence-corrected chi connectivity index (χ3v) is 5.07. The highest BCUT2D eigenvalue weighted by Crippen LogP contribution is 2.42. The predicted octanol–water partition coefficient (Wildman–Crippen LogP) is 5.72. The number of fused-ring (bicyclic) bond motifs is 4. The summed E-state index contributed by atoms with van der Waals surface area (Å²) in [4.78, 5) is 9.26. The molecule has 6 heteroatoms. The number of ether oxygens (including phenoxy) is 2. The molecule has 2 heterocycles. The molecule has 4 nitrogen and oxygen atoms in total. The van der Waals surface area contributed by atoms with Crippen LogP contribution in [0, 0.1) is 13.8 Å². The van der Waals surface area contributed by atoms with Crippen molar-refractivity contribution in [2.45, 2.75) is 13.8 Å². The largest absolute Gasteiger partial charge is 0.451 e. The first-order chi connectivity index (χ1) is 12.5. The van der Waals surface area contributed by atoms with Crippen LogP contribution in [0.5, 0.6) is 23.0 Å². The molecule has 0 saturated carbocycles. The van der Waals surface area contributed by atoms with E-state index in [1.165, 1.54) is 0 Å². The highest BCUT2D eigenvalue weighted by atomic mass is 35.5. The van der Waals surface area contributed by atoms with Gasteiger partial charge in [-0.25, -0.2) is 9.98 Å². The predicted molar refractivity (Wildman–Crippen MR) is 101 cm³/mol. The zero-order chi connectivity index (χ0) is 18.0. The van der Waals surface area contributed by atoms with Crippen LogP contribution in [0.15, 0.2) is 46.4 Å². The summed E-state index contributed by atoms with van der Waals surface area (Å²) < 4.78 is 12.0. The van der Waals surface area contributed by atoms with Crippen LogP contribution in [0.4, 0.5) is 11.4 Å². The number of nitrogens with zero attached hydrogens (tertiary/aromatic N) is 2. The Kier molecular flexibility index (Phi) is 3.30. The molecule has 0 atom stereocenters. The summed E-state index contributed by atoms with van der Waals surface area (Å²) in [6, 6.07) is 11.5. The monoisotopic (exact) mass is 382 g/mol. The molecule has 0 aromatic heterocycles. The van der Waals surface area contributed by atoms with Gasteiger partial charge in [0, 0.05) is 0 Å². The maximum Gasteiger partial charge on any atom is 0.175 e. The van der Waals surface area contributed by atoms with Crippen molar-refractivity contribution in [2.75, 3.05) is 0 Å². The van der Waals surface area contributed by atoms with Gasteiger partial charge in [0.2, 0.25) is 0 Å². The molecular weight excluding hydrogens is 371 g/mol. The van der Waals surface area contributed by atoms with Crippen LogP contribution < -0.4 is 20.2 Å². The molecule has 2 aliphatic rings. The number of benzene rings is 3. The van der Waals surface area contributed by atoms with Gasteiger partial charge in [0.05, 0.1) is 0 Å². The van der Waals surface area contributed by atoms with Gasteiger partial charge in [0.25, 0.3) is 0 Å². The molecule has 0 N–H and O–H groups in total. The fourth-order valence-corrected chi connectivity index (χ4v) is 3.57. The van der Waals surface area contributed by atoms with E-state index in [2.05, 4.69) is 9.98 Å². The molecule has 0 saturated heterocycles. The van der Waals surface area contributed by atoms with Crippen LogP contribution in [0.25, 0.3) is 0 Å². The lowest BCUT2D eigenvalue weighted by molar-refractivity contribution is 0.451. The second-order valence-electron chi connectivity index (χ2n) is 6.35. The van der Waals surface area contributed by atoms with Gasteiger partial charge in [-0.1, -0.05) is 35.3 Å². The van der Waals surface area contributed by atoms with Crippen LogP contribution in [-0.2, 0) is 0 Å². The van der Waals surface area contributed by atoms with Crippen molar-refractivity contribution in [3.63, 3.8) is 0 Å². The number of aryl methyl sites for hydroxylation is 2. The van der Waals surface area contributed by atoms with E-state index in [0.717, 1.165) is 11.1 Å². The van der Waals surface area contributed by atoms with Crippen molar-refractivity contribution in [3.05, 3.63) is 68.3 Å². The van der Waals surface area contributed by atoms with Crippen molar-refractivity contribution in [3.8, 4) is 23.0 Å². The molecule has 26 heavy (non-hydrogen) atoms. The fraction of sp³-hybridized carbons (Fsp3) is 0.100. The van der Waals surface area contributed by atoms with E-state index in [4.69, 9.17) is 32.7 Å². The lowest BCUT2D eigenvalue weighted by Crippen LogP contribution is -2.22. The molecule has 5 rings (SSSR count). The molecule has 0 radical (unpaired) electrons.